The second-order valence-corrected chi connectivity index (χ2v) is 8.95. The normalized spacial score (nSPS) is 14.4. The maximum Gasteiger partial charge on any atom is 0.254 e. The number of carbonyl (C=O) groups is 2. The highest BCUT2D eigenvalue weighted by Crippen LogP contribution is 2.20. The van der Waals surface area contributed by atoms with E-state index in [2.05, 4.69) is 31.2 Å². The highest BCUT2D eigenvalue weighted by molar-refractivity contribution is 9.10. The van der Waals surface area contributed by atoms with Gasteiger partial charge in [0.05, 0.1) is 22.9 Å². The molecule has 1 saturated heterocycles. The number of nitrogens with zero attached hydrogens (tertiary/aromatic N) is 4. The molecule has 166 valence electrons. The van der Waals surface area contributed by atoms with Gasteiger partial charge in [0.1, 0.15) is 0 Å². The van der Waals surface area contributed by atoms with Gasteiger partial charge in [-0.25, -0.2) is 4.68 Å². The number of piperazine rings is 1. The zero-order valence-corrected chi connectivity index (χ0v) is 19.8. The lowest BCUT2D eigenvalue weighted by Gasteiger charge is -2.34. The van der Waals surface area contributed by atoms with Crippen molar-refractivity contribution in [2.45, 2.75) is 13.8 Å². The molecular weight excluding hydrogens is 470 g/mol. The molecule has 2 amide bonds. The van der Waals surface area contributed by atoms with Crippen LogP contribution in [0.1, 0.15) is 21.5 Å². The summed E-state index contributed by atoms with van der Waals surface area (Å²) in [4.78, 5) is 29.5. The van der Waals surface area contributed by atoms with Crippen molar-refractivity contribution in [1.29, 1.82) is 0 Å². The van der Waals surface area contributed by atoms with Gasteiger partial charge in [0, 0.05) is 43.6 Å². The Balaban J connectivity index is 1.33. The summed E-state index contributed by atoms with van der Waals surface area (Å²) in [5, 5.41) is 7.31. The molecule has 1 aliphatic heterocycles. The average molecular weight is 496 g/mol. The van der Waals surface area contributed by atoms with E-state index in [1.54, 1.807) is 10.9 Å². The molecular formula is C24H26BrN5O2. The van der Waals surface area contributed by atoms with Crippen molar-refractivity contribution in [3.05, 3.63) is 76.0 Å². The summed E-state index contributed by atoms with van der Waals surface area (Å²) in [6.45, 7) is 6.81. The zero-order valence-electron chi connectivity index (χ0n) is 18.2. The van der Waals surface area contributed by atoms with Crippen LogP contribution in [0, 0.1) is 13.8 Å². The van der Waals surface area contributed by atoms with Crippen molar-refractivity contribution in [3.63, 3.8) is 0 Å². The molecule has 0 unspecified atom stereocenters. The quantitative estimate of drug-likeness (QED) is 0.586. The van der Waals surface area contributed by atoms with Gasteiger partial charge in [-0.05, 0) is 59.1 Å². The molecule has 0 bridgehead atoms. The molecule has 0 aliphatic carbocycles. The molecule has 0 radical (unpaired) electrons. The van der Waals surface area contributed by atoms with Crippen molar-refractivity contribution >= 4 is 33.4 Å². The number of hydrogen-bond acceptors (Lipinski definition) is 4. The Labute approximate surface area is 196 Å². The highest BCUT2D eigenvalue weighted by Gasteiger charge is 2.24. The summed E-state index contributed by atoms with van der Waals surface area (Å²) in [5.41, 5.74) is 4.46. The predicted molar refractivity (Wildman–Crippen MR) is 128 cm³/mol. The van der Waals surface area contributed by atoms with E-state index in [9.17, 15) is 9.59 Å². The van der Waals surface area contributed by atoms with Crippen LogP contribution in [-0.4, -0.2) is 64.1 Å². The van der Waals surface area contributed by atoms with Gasteiger partial charge in [0.15, 0.2) is 0 Å². The second kappa shape index (κ2) is 9.67. The van der Waals surface area contributed by atoms with E-state index < -0.39 is 0 Å². The predicted octanol–water partition coefficient (Wildman–Crippen LogP) is 3.65. The molecule has 1 aliphatic rings. The lowest BCUT2D eigenvalue weighted by Crippen LogP contribution is -2.50. The van der Waals surface area contributed by atoms with E-state index in [1.807, 2.05) is 67.4 Å². The highest BCUT2D eigenvalue weighted by atomic mass is 79.9. The number of amides is 2. The topological polar surface area (TPSA) is 70.5 Å². The maximum absolute atomic E-state index is 13.0. The van der Waals surface area contributed by atoms with Gasteiger partial charge in [-0.15, -0.1) is 0 Å². The number of rotatable bonds is 5. The number of anilines is 1. The third kappa shape index (κ3) is 5.08. The van der Waals surface area contributed by atoms with Gasteiger partial charge < -0.3 is 10.2 Å². The minimum Gasteiger partial charge on any atom is -0.336 e. The molecule has 7 nitrogen and oxygen atoms in total. The molecule has 1 aromatic heterocycles. The number of aryl methyl sites for hydroxylation is 2. The fourth-order valence-corrected chi connectivity index (χ4v) is 4.19. The summed E-state index contributed by atoms with van der Waals surface area (Å²) < 4.78 is 2.61. The molecule has 3 aromatic rings. The van der Waals surface area contributed by atoms with E-state index in [0.717, 1.165) is 27.0 Å². The molecule has 1 N–H and O–H groups in total. The Bertz CT molecular complexity index is 1110. The van der Waals surface area contributed by atoms with Crippen LogP contribution in [0.4, 0.5) is 5.69 Å². The zero-order chi connectivity index (χ0) is 22.7. The molecule has 4 rings (SSSR count). The first-order valence-corrected chi connectivity index (χ1v) is 11.4. The Kier molecular flexibility index (Phi) is 6.72. The minimum atomic E-state index is -0.0275. The van der Waals surface area contributed by atoms with Crippen molar-refractivity contribution in [2.24, 2.45) is 0 Å². The van der Waals surface area contributed by atoms with Gasteiger partial charge >= 0.3 is 0 Å². The number of aromatic nitrogens is 2. The van der Waals surface area contributed by atoms with Gasteiger partial charge in [-0.3, -0.25) is 14.5 Å². The number of para-hydroxylation sites is 1. The molecule has 2 heterocycles. The first-order chi connectivity index (χ1) is 15.4. The van der Waals surface area contributed by atoms with Crippen LogP contribution in [0.5, 0.6) is 0 Å². The third-order valence-electron chi connectivity index (χ3n) is 5.68. The second-order valence-electron chi connectivity index (χ2n) is 8.04. The van der Waals surface area contributed by atoms with Crippen molar-refractivity contribution in [3.8, 4) is 5.69 Å². The SMILES string of the molecule is Cc1cccc(C)c1NC(=O)CN1CCN(C(=O)c2cccc(-n3cc(Br)cn3)c2)CC1. The van der Waals surface area contributed by atoms with Crippen LogP contribution in [0.25, 0.3) is 5.69 Å². The molecule has 8 heteroatoms. The minimum absolute atomic E-state index is 0.00212. The molecule has 0 spiro atoms. The van der Waals surface area contributed by atoms with Gasteiger partial charge in [0.2, 0.25) is 5.91 Å². The number of nitrogens with one attached hydrogen (secondary N) is 1. The largest absolute Gasteiger partial charge is 0.336 e. The number of hydrogen-bond donors (Lipinski definition) is 1. The van der Waals surface area contributed by atoms with Crippen molar-refractivity contribution < 1.29 is 9.59 Å². The van der Waals surface area contributed by atoms with Crippen LogP contribution in [0.3, 0.4) is 0 Å². The number of carbonyl (C=O) groups excluding carboxylic acids is 2. The van der Waals surface area contributed by atoms with Crippen LogP contribution < -0.4 is 5.32 Å². The Morgan fingerprint density at radius 2 is 1.72 bits per heavy atom. The molecule has 2 aromatic carbocycles. The molecule has 1 fully saturated rings. The van der Waals surface area contributed by atoms with E-state index in [0.29, 0.717) is 38.3 Å². The van der Waals surface area contributed by atoms with E-state index in [1.165, 1.54) is 0 Å². The van der Waals surface area contributed by atoms with Crippen LogP contribution in [0.2, 0.25) is 0 Å². The smallest absolute Gasteiger partial charge is 0.254 e. The first kappa shape index (κ1) is 22.2. The van der Waals surface area contributed by atoms with Crippen LogP contribution in [-0.2, 0) is 4.79 Å². The summed E-state index contributed by atoms with van der Waals surface area (Å²) >= 11 is 3.40. The van der Waals surface area contributed by atoms with Gasteiger partial charge in [-0.2, -0.15) is 5.10 Å². The number of benzene rings is 2. The van der Waals surface area contributed by atoms with Gasteiger partial charge in [0.25, 0.3) is 5.91 Å². The Morgan fingerprint density at radius 3 is 2.38 bits per heavy atom. The lowest BCUT2D eigenvalue weighted by atomic mass is 10.1. The molecule has 32 heavy (non-hydrogen) atoms. The third-order valence-corrected chi connectivity index (χ3v) is 6.09. The van der Waals surface area contributed by atoms with Crippen LogP contribution in [0.15, 0.2) is 59.3 Å². The van der Waals surface area contributed by atoms with Crippen molar-refractivity contribution in [2.75, 3.05) is 38.0 Å². The average Bonchev–Trinajstić information content (AvgIpc) is 3.23. The first-order valence-electron chi connectivity index (χ1n) is 10.6. The summed E-state index contributed by atoms with van der Waals surface area (Å²) in [6.07, 6.45) is 3.57. The monoisotopic (exact) mass is 495 g/mol. The Hall–Kier alpha value is -2.97. The Morgan fingerprint density at radius 1 is 1.03 bits per heavy atom. The lowest BCUT2D eigenvalue weighted by molar-refractivity contribution is -0.117. The summed E-state index contributed by atoms with van der Waals surface area (Å²) in [7, 11) is 0. The molecule has 0 saturated carbocycles. The van der Waals surface area contributed by atoms with E-state index in [-0.39, 0.29) is 11.8 Å². The fourth-order valence-electron chi connectivity index (χ4n) is 3.91. The standard InChI is InChI=1S/C24H26BrN5O2/c1-17-5-3-6-18(2)23(17)27-22(31)16-28-9-11-29(12-10-28)24(32)19-7-4-8-21(13-19)30-15-20(25)14-26-30/h3-8,13-15H,9-12,16H2,1-2H3,(H,27,31). The molecule has 0 atom stereocenters. The summed E-state index contributed by atoms with van der Waals surface area (Å²) in [5.74, 6) is -0.0297. The number of halogens is 1. The maximum atomic E-state index is 13.0. The summed E-state index contributed by atoms with van der Waals surface area (Å²) in [6, 6.07) is 13.4. The van der Waals surface area contributed by atoms with Crippen LogP contribution >= 0.6 is 15.9 Å². The van der Waals surface area contributed by atoms with Gasteiger partial charge in [-0.1, -0.05) is 24.3 Å². The van der Waals surface area contributed by atoms with Crippen molar-refractivity contribution in [1.82, 2.24) is 19.6 Å². The van der Waals surface area contributed by atoms with E-state index in [4.69, 9.17) is 0 Å². The van der Waals surface area contributed by atoms with E-state index >= 15 is 0 Å². The fraction of sp³-hybridized carbons (Fsp3) is 0.292.